The van der Waals surface area contributed by atoms with Gasteiger partial charge < -0.3 is 20.3 Å². The van der Waals surface area contributed by atoms with Crippen LogP contribution in [0, 0.1) is 0 Å². The van der Waals surface area contributed by atoms with Gasteiger partial charge in [0.2, 0.25) is 0 Å². The highest BCUT2D eigenvalue weighted by molar-refractivity contribution is 6.31. The third-order valence-electron chi connectivity index (χ3n) is 6.24. The van der Waals surface area contributed by atoms with Crippen LogP contribution in [0.3, 0.4) is 0 Å². The zero-order chi connectivity index (χ0) is 26.1. The molecule has 1 aromatic carbocycles. The van der Waals surface area contributed by atoms with Crippen LogP contribution in [0.5, 0.6) is 0 Å². The van der Waals surface area contributed by atoms with Gasteiger partial charge in [0.25, 0.3) is 0 Å². The molecule has 1 aromatic rings. The van der Waals surface area contributed by atoms with Crippen LogP contribution < -0.4 is 10.6 Å². The number of hydrogen-bond donors (Lipinski definition) is 2. The van der Waals surface area contributed by atoms with E-state index in [0.717, 1.165) is 19.4 Å². The number of amides is 4. The Kier molecular flexibility index (Phi) is 10.2. The summed E-state index contributed by atoms with van der Waals surface area (Å²) in [5.41, 5.74) is 1.54. The molecule has 0 aliphatic carbocycles. The monoisotopic (exact) mass is 517 g/mol. The van der Waals surface area contributed by atoms with E-state index in [1.165, 1.54) is 4.90 Å². The maximum atomic E-state index is 13.3. The number of hydrogen-bond acceptors (Lipinski definition) is 5. The number of benzene rings is 1. The summed E-state index contributed by atoms with van der Waals surface area (Å²) >= 11 is 6.48. The summed E-state index contributed by atoms with van der Waals surface area (Å²) in [5.74, 6) is -0.498. The van der Waals surface area contributed by atoms with Crippen LogP contribution >= 0.6 is 11.6 Å². The fraction of sp³-hybridized carbons (Fsp3) is 0.500. The number of ether oxygens (including phenoxy) is 1. The van der Waals surface area contributed by atoms with Gasteiger partial charge in [-0.25, -0.2) is 14.4 Å². The number of halogens is 1. The quantitative estimate of drug-likeness (QED) is 0.386. The van der Waals surface area contributed by atoms with E-state index in [-0.39, 0.29) is 25.2 Å². The summed E-state index contributed by atoms with van der Waals surface area (Å²) in [6, 6.07) is 6.01. The Hall–Kier alpha value is -3.04. The van der Waals surface area contributed by atoms with E-state index in [0.29, 0.717) is 54.6 Å². The van der Waals surface area contributed by atoms with E-state index in [1.807, 2.05) is 17.9 Å². The number of rotatable bonds is 9. The van der Waals surface area contributed by atoms with Crippen molar-refractivity contribution in [1.82, 2.24) is 25.3 Å². The Morgan fingerprint density at radius 3 is 2.69 bits per heavy atom. The van der Waals surface area contributed by atoms with Crippen LogP contribution in [0.15, 0.2) is 48.2 Å². The minimum absolute atomic E-state index is 0.0609. The van der Waals surface area contributed by atoms with Gasteiger partial charge in [-0.3, -0.25) is 9.80 Å². The standard InChI is InChI=1S/C26H36ClN5O4/c1-4-12-28-25(34)31-15-9-14-30(16-17-31)18-21-22(24(33)36-6-3)23(19-10-7-8-11-20(19)27)29-26(35)32(21)13-5-2/h5,7-8,10-11,23H,2,4,6,9,12-18H2,1,3H3,(H,28,34)(H,29,35)/t23-/m0/s1. The van der Waals surface area contributed by atoms with Crippen molar-refractivity contribution < 1.29 is 19.1 Å². The molecule has 196 valence electrons. The van der Waals surface area contributed by atoms with Gasteiger partial charge in [-0.1, -0.05) is 42.8 Å². The van der Waals surface area contributed by atoms with Crippen molar-refractivity contribution in [1.29, 1.82) is 0 Å². The van der Waals surface area contributed by atoms with Gasteiger partial charge in [0.15, 0.2) is 0 Å². The number of urea groups is 2. The first-order valence-electron chi connectivity index (χ1n) is 12.5. The molecule has 36 heavy (non-hydrogen) atoms. The average molecular weight is 518 g/mol. The van der Waals surface area contributed by atoms with E-state index in [9.17, 15) is 14.4 Å². The topological polar surface area (TPSA) is 94.2 Å². The molecule has 0 aromatic heterocycles. The van der Waals surface area contributed by atoms with Crippen molar-refractivity contribution >= 4 is 29.6 Å². The molecule has 1 saturated heterocycles. The van der Waals surface area contributed by atoms with E-state index in [4.69, 9.17) is 16.3 Å². The highest BCUT2D eigenvalue weighted by Gasteiger charge is 2.39. The van der Waals surface area contributed by atoms with Crippen LogP contribution in [0.2, 0.25) is 5.02 Å². The summed E-state index contributed by atoms with van der Waals surface area (Å²) in [5, 5.41) is 6.32. The Morgan fingerprint density at radius 1 is 1.22 bits per heavy atom. The lowest BCUT2D eigenvalue weighted by molar-refractivity contribution is -0.139. The summed E-state index contributed by atoms with van der Waals surface area (Å²) in [4.78, 5) is 44.5. The van der Waals surface area contributed by atoms with E-state index in [1.54, 1.807) is 31.2 Å². The molecule has 1 atom stereocenters. The van der Waals surface area contributed by atoms with Gasteiger partial charge in [0.05, 0.1) is 18.2 Å². The van der Waals surface area contributed by atoms with E-state index in [2.05, 4.69) is 22.1 Å². The lowest BCUT2D eigenvalue weighted by Gasteiger charge is -2.38. The molecule has 9 nitrogen and oxygen atoms in total. The molecule has 0 unspecified atom stereocenters. The van der Waals surface area contributed by atoms with Gasteiger partial charge in [0, 0.05) is 56.5 Å². The van der Waals surface area contributed by atoms with Crippen LogP contribution in [0.1, 0.15) is 38.3 Å². The van der Waals surface area contributed by atoms with Crippen LogP contribution in [0.4, 0.5) is 9.59 Å². The van der Waals surface area contributed by atoms with Crippen molar-refractivity contribution in [2.45, 2.75) is 32.7 Å². The number of nitrogens with one attached hydrogen (secondary N) is 2. The van der Waals surface area contributed by atoms with Gasteiger partial charge in [-0.2, -0.15) is 0 Å². The lowest BCUT2D eigenvalue weighted by Crippen LogP contribution is -2.51. The first-order chi connectivity index (χ1) is 17.4. The van der Waals surface area contributed by atoms with E-state index < -0.39 is 12.0 Å². The molecular weight excluding hydrogens is 482 g/mol. The fourth-order valence-corrected chi connectivity index (χ4v) is 4.72. The fourth-order valence-electron chi connectivity index (χ4n) is 4.48. The second-order valence-corrected chi connectivity index (χ2v) is 9.14. The smallest absolute Gasteiger partial charge is 0.338 e. The number of nitrogens with zero attached hydrogens (tertiary/aromatic N) is 3. The molecule has 0 saturated carbocycles. The van der Waals surface area contributed by atoms with Gasteiger partial charge in [-0.15, -0.1) is 6.58 Å². The number of esters is 1. The molecule has 1 fully saturated rings. The summed E-state index contributed by atoms with van der Waals surface area (Å²) < 4.78 is 5.44. The predicted molar refractivity (Wildman–Crippen MR) is 140 cm³/mol. The normalized spacial score (nSPS) is 19.0. The van der Waals surface area contributed by atoms with Crippen LogP contribution in [-0.4, -0.2) is 85.2 Å². The van der Waals surface area contributed by atoms with Gasteiger partial charge in [0.1, 0.15) is 0 Å². The molecule has 2 aliphatic heterocycles. The van der Waals surface area contributed by atoms with Crippen molar-refractivity contribution in [2.75, 3.05) is 52.4 Å². The largest absolute Gasteiger partial charge is 0.463 e. The average Bonchev–Trinajstić information content (AvgIpc) is 3.10. The summed E-state index contributed by atoms with van der Waals surface area (Å²) in [6.45, 7) is 11.5. The molecular formula is C26H36ClN5O4. The van der Waals surface area contributed by atoms with E-state index >= 15 is 0 Å². The molecule has 2 heterocycles. The molecule has 0 radical (unpaired) electrons. The molecule has 0 spiro atoms. The Balaban J connectivity index is 1.96. The summed E-state index contributed by atoms with van der Waals surface area (Å²) in [6.07, 6.45) is 3.29. The van der Waals surface area contributed by atoms with Crippen LogP contribution in [0.25, 0.3) is 0 Å². The molecule has 3 rings (SSSR count). The summed E-state index contributed by atoms with van der Waals surface area (Å²) in [7, 11) is 0. The third-order valence-corrected chi connectivity index (χ3v) is 6.58. The minimum Gasteiger partial charge on any atom is -0.463 e. The second kappa shape index (κ2) is 13.3. The molecule has 2 N–H and O–H groups in total. The molecule has 2 aliphatic rings. The molecule has 4 amide bonds. The number of carbonyl (C=O) groups is 3. The molecule has 0 bridgehead atoms. The van der Waals surface area contributed by atoms with Gasteiger partial charge >= 0.3 is 18.0 Å². The lowest BCUT2D eigenvalue weighted by atomic mass is 9.94. The minimum atomic E-state index is -0.746. The molecule has 10 heteroatoms. The number of carbonyl (C=O) groups excluding carboxylic acids is 3. The first kappa shape index (κ1) is 27.5. The Bertz CT molecular complexity index is 998. The van der Waals surface area contributed by atoms with Crippen molar-refractivity contribution in [3.05, 3.63) is 58.8 Å². The highest BCUT2D eigenvalue weighted by atomic mass is 35.5. The van der Waals surface area contributed by atoms with Gasteiger partial charge in [-0.05, 0) is 31.4 Å². The maximum absolute atomic E-state index is 13.3. The Morgan fingerprint density at radius 2 is 2.00 bits per heavy atom. The maximum Gasteiger partial charge on any atom is 0.338 e. The van der Waals surface area contributed by atoms with Crippen molar-refractivity contribution in [3.8, 4) is 0 Å². The first-order valence-corrected chi connectivity index (χ1v) is 12.9. The van der Waals surface area contributed by atoms with Crippen molar-refractivity contribution in [3.63, 3.8) is 0 Å². The zero-order valence-corrected chi connectivity index (χ0v) is 21.9. The Labute approximate surface area is 218 Å². The second-order valence-electron chi connectivity index (χ2n) is 8.73. The zero-order valence-electron chi connectivity index (χ0n) is 21.1. The van der Waals surface area contributed by atoms with Crippen molar-refractivity contribution in [2.24, 2.45) is 0 Å². The van der Waals surface area contributed by atoms with Crippen LogP contribution in [-0.2, 0) is 9.53 Å². The SMILES string of the molecule is C=CCN1C(=O)N[C@@H](c2ccccc2Cl)C(C(=O)OCC)=C1CN1CCCN(C(=O)NCCC)CC1. The highest BCUT2D eigenvalue weighted by Crippen LogP contribution is 2.35. The predicted octanol–water partition coefficient (Wildman–Crippen LogP) is 3.54. The third kappa shape index (κ3) is 6.59.